The van der Waals surface area contributed by atoms with Crippen molar-refractivity contribution in [3.05, 3.63) is 64.7 Å². The van der Waals surface area contributed by atoms with Crippen molar-refractivity contribution in [1.29, 1.82) is 0 Å². The van der Waals surface area contributed by atoms with Gasteiger partial charge in [0.15, 0.2) is 0 Å². The number of carboxylic acids is 1. The van der Waals surface area contributed by atoms with Gasteiger partial charge in [0.2, 0.25) is 0 Å². The Kier molecular flexibility index (Phi) is 7.23. The van der Waals surface area contributed by atoms with Gasteiger partial charge in [-0.2, -0.15) is 0 Å². The maximum absolute atomic E-state index is 10.9. The normalized spacial score (nSPS) is 9.86. The van der Waals surface area contributed by atoms with E-state index < -0.39 is 5.97 Å². The van der Waals surface area contributed by atoms with Crippen molar-refractivity contribution in [2.45, 2.75) is 19.8 Å². The zero-order chi connectivity index (χ0) is 15.4. The van der Waals surface area contributed by atoms with Gasteiger partial charge in [-0.3, -0.25) is 4.79 Å². The summed E-state index contributed by atoms with van der Waals surface area (Å²) in [6.45, 7) is 2.10. The number of anilines is 1. The van der Waals surface area contributed by atoms with Gasteiger partial charge in [0.1, 0.15) is 0 Å². The molecule has 0 heterocycles. The topological polar surface area (TPSA) is 63.3 Å². The first-order chi connectivity index (χ1) is 10.0. The van der Waals surface area contributed by atoms with Crippen LogP contribution in [0.3, 0.4) is 0 Å². The van der Waals surface area contributed by atoms with Crippen LogP contribution in [0.4, 0.5) is 5.69 Å². The molecule has 3 nitrogen and oxygen atoms in total. The van der Waals surface area contributed by atoms with Gasteiger partial charge >= 0.3 is 35.5 Å². The molecule has 2 rings (SSSR count). The summed E-state index contributed by atoms with van der Waals surface area (Å²) < 4.78 is 0. The molecule has 0 aromatic heterocycles. The molecule has 2 aromatic carbocycles. The Morgan fingerprint density at radius 2 is 1.82 bits per heavy atom. The van der Waals surface area contributed by atoms with E-state index in [1.54, 1.807) is 12.1 Å². The van der Waals surface area contributed by atoms with E-state index in [0.29, 0.717) is 21.7 Å². The number of hydrogen-bond acceptors (Lipinski definition) is 3. The van der Waals surface area contributed by atoms with E-state index in [4.69, 9.17) is 23.1 Å². The minimum atomic E-state index is -0.905. The van der Waals surface area contributed by atoms with Crippen LogP contribution in [0.1, 0.15) is 29.2 Å². The van der Waals surface area contributed by atoms with Gasteiger partial charge in [-0.05, 0) is 23.1 Å². The second-order valence-corrected chi connectivity index (χ2v) is 5.24. The van der Waals surface area contributed by atoms with Gasteiger partial charge in [0.05, 0.1) is 11.3 Å². The Hall–Kier alpha value is -1.20. The number of benzene rings is 2. The maximum atomic E-state index is 10.9. The van der Waals surface area contributed by atoms with Crippen LogP contribution in [0, 0.1) is 0 Å². The first kappa shape index (κ1) is 18.8. The van der Waals surface area contributed by atoms with E-state index in [1.165, 1.54) is 5.56 Å². The first-order valence-corrected chi connectivity index (χ1v) is 7.16. The first-order valence-electron chi connectivity index (χ1n) is 6.75. The van der Waals surface area contributed by atoms with E-state index in [1.807, 2.05) is 30.3 Å². The Labute approximate surface area is 157 Å². The average Bonchev–Trinajstić information content (AvgIpc) is 2.48. The Bertz CT molecular complexity index is 684. The summed E-state index contributed by atoms with van der Waals surface area (Å²) in [6.07, 6.45) is 0.875. The number of rotatable bonds is 5. The number of hydrogen-bond donors (Lipinski definition) is 2. The van der Waals surface area contributed by atoms with Crippen molar-refractivity contribution < 1.29 is 9.90 Å². The third-order valence-electron chi connectivity index (χ3n) is 3.41. The molecule has 0 amide bonds. The average molecular weight is 323 g/mol. The van der Waals surface area contributed by atoms with Crippen molar-refractivity contribution >= 4 is 58.3 Å². The van der Waals surface area contributed by atoms with Crippen LogP contribution in [-0.4, -0.2) is 45.5 Å². The van der Waals surface area contributed by atoms with Crippen molar-refractivity contribution in [2.24, 2.45) is 0 Å². The molecular formula is C17H18NNaO2S. The predicted octanol–water partition coefficient (Wildman–Crippen LogP) is 2.58. The molecule has 3 N–H and O–H groups in total. The molecule has 0 aliphatic heterocycles. The van der Waals surface area contributed by atoms with Gasteiger partial charge < -0.3 is 10.8 Å². The molecule has 2 aromatic rings. The van der Waals surface area contributed by atoms with E-state index in [2.05, 4.69) is 6.92 Å². The second-order valence-electron chi connectivity index (χ2n) is 4.83. The van der Waals surface area contributed by atoms with Crippen LogP contribution in [0.5, 0.6) is 0 Å². The summed E-state index contributed by atoms with van der Waals surface area (Å²) in [5.41, 5.74) is 9.99. The summed E-state index contributed by atoms with van der Waals surface area (Å²) in [5.74, 6) is -0.905. The fraction of sp³-hybridized carbons (Fsp3) is 0.176. The fourth-order valence-corrected chi connectivity index (χ4v) is 2.49. The molecule has 0 atom stereocenters. The van der Waals surface area contributed by atoms with Crippen LogP contribution in [0.15, 0.2) is 42.5 Å². The molecular weight excluding hydrogens is 305 g/mol. The summed E-state index contributed by atoms with van der Waals surface area (Å²) in [5, 5.41) is 8.91. The van der Waals surface area contributed by atoms with Crippen LogP contribution in [0.2, 0.25) is 0 Å². The molecule has 5 heteroatoms. The standard InChI is InChI=1S/C17H17NO2S.Na.H/c1-2-11-6-8-12(9-7-11)17(21)14-5-3-4-13(16(14)18)10-15(19)20;;/h3-9H,2,10,18H2,1H3,(H,19,20);;. The van der Waals surface area contributed by atoms with E-state index in [9.17, 15) is 4.79 Å². The molecule has 0 bridgehead atoms. The number of carboxylic acid groups (broad SMARTS) is 1. The molecule has 22 heavy (non-hydrogen) atoms. The Morgan fingerprint density at radius 1 is 1.18 bits per heavy atom. The zero-order valence-electron chi connectivity index (χ0n) is 11.8. The molecule has 0 aliphatic rings. The molecule has 0 radical (unpaired) electrons. The number of aryl methyl sites for hydroxylation is 1. The van der Waals surface area contributed by atoms with Crippen molar-refractivity contribution in [1.82, 2.24) is 0 Å². The van der Waals surface area contributed by atoms with Crippen molar-refractivity contribution in [2.75, 3.05) is 5.73 Å². The summed E-state index contributed by atoms with van der Waals surface area (Å²) in [4.78, 5) is 11.5. The second kappa shape index (κ2) is 8.44. The SMILES string of the molecule is CCc1ccc(C(=S)c2cccc(CC(=O)O)c2N)cc1.[NaH]. The monoisotopic (exact) mass is 323 g/mol. The van der Waals surface area contributed by atoms with E-state index >= 15 is 0 Å². The molecule has 0 spiro atoms. The molecule has 110 valence electrons. The number of nitrogen functional groups attached to an aromatic ring is 1. The minimum absolute atomic E-state index is 0. The third-order valence-corrected chi connectivity index (χ3v) is 3.86. The van der Waals surface area contributed by atoms with Crippen molar-refractivity contribution in [3.8, 4) is 0 Å². The summed E-state index contributed by atoms with van der Waals surface area (Å²) in [6, 6.07) is 13.4. The van der Waals surface area contributed by atoms with Crippen molar-refractivity contribution in [3.63, 3.8) is 0 Å². The molecule has 0 aliphatic carbocycles. The predicted molar refractivity (Wildman–Crippen MR) is 96.0 cm³/mol. The van der Waals surface area contributed by atoms with E-state index in [-0.39, 0.29) is 36.0 Å². The van der Waals surface area contributed by atoms with Gasteiger partial charge in [-0.15, -0.1) is 0 Å². The number of aliphatic carboxylic acids is 1. The van der Waals surface area contributed by atoms with Gasteiger partial charge in [0.25, 0.3) is 0 Å². The fourth-order valence-electron chi connectivity index (χ4n) is 2.18. The molecule has 0 saturated carbocycles. The van der Waals surface area contributed by atoms with Gasteiger partial charge in [0, 0.05) is 11.3 Å². The Morgan fingerprint density at radius 3 is 2.36 bits per heavy atom. The molecule has 0 saturated heterocycles. The number of para-hydroxylation sites is 1. The van der Waals surface area contributed by atoms with Crippen LogP contribution in [0.25, 0.3) is 0 Å². The van der Waals surface area contributed by atoms with Crippen LogP contribution < -0.4 is 5.73 Å². The van der Waals surface area contributed by atoms with Crippen LogP contribution >= 0.6 is 12.2 Å². The van der Waals surface area contributed by atoms with E-state index in [0.717, 1.165) is 12.0 Å². The summed E-state index contributed by atoms with van der Waals surface area (Å²) in [7, 11) is 0. The molecule has 0 unspecified atom stereocenters. The van der Waals surface area contributed by atoms with Crippen LogP contribution in [-0.2, 0) is 17.6 Å². The quantitative estimate of drug-likeness (QED) is 0.384. The third kappa shape index (κ3) is 4.40. The number of thiocarbonyl (C=S) groups is 1. The van der Waals surface area contributed by atoms with Gasteiger partial charge in [-0.25, -0.2) is 0 Å². The molecule has 0 fully saturated rings. The zero-order valence-corrected chi connectivity index (χ0v) is 12.6. The summed E-state index contributed by atoms with van der Waals surface area (Å²) >= 11 is 5.50. The number of nitrogens with two attached hydrogens (primary N) is 1. The number of carbonyl (C=O) groups is 1. The Balaban J connectivity index is 0.00000242. The van der Waals surface area contributed by atoms with Gasteiger partial charge in [-0.1, -0.05) is 61.6 Å².